The first-order valence-electron chi connectivity index (χ1n) is 9.42. The van der Waals surface area contributed by atoms with Gasteiger partial charge >= 0.3 is 0 Å². The molecular formula is C19H20N4O3S. The lowest BCUT2D eigenvalue weighted by Gasteiger charge is -2.47. The average molecular weight is 384 g/mol. The summed E-state index contributed by atoms with van der Waals surface area (Å²) in [7, 11) is 0. The first-order chi connectivity index (χ1) is 13.2. The SMILES string of the molecule is OC1CC(Oc2ccc(-c3nccs3)c3oc(N4CC5CC(C4)N5)nc23)C1. The molecule has 4 fully saturated rings. The first-order valence-corrected chi connectivity index (χ1v) is 10.3. The fourth-order valence-electron chi connectivity index (χ4n) is 4.21. The zero-order valence-electron chi connectivity index (χ0n) is 14.7. The number of ether oxygens (including phenoxy) is 1. The Morgan fingerprint density at radius 3 is 2.74 bits per heavy atom. The number of benzene rings is 1. The monoisotopic (exact) mass is 384 g/mol. The standard InChI is InChI=1S/C19H20N4O3S/c24-12-6-13(7-12)25-15-2-1-14(18-20-3-4-27-18)17-16(15)22-19(26-17)23-8-10-5-11(9-23)21-10/h1-4,10-13,21,24H,5-9H2. The van der Waals surface area contributed by atoms with Gasteiger partial charge in [-0.05, 0) is 18.6 Å². The molecule has 8 heteroatoms. The normalized spacial score (nSPS) is 29.4. The van der Waals surface area contributed by atoms with Gasteiger partial charge in [0.15, 0.2) is 11.1 Å². The van der Waals surface area contributed by atoms with Crippen molar-refractivity contribution in [3.05, 3.63) is 23.7 Å². The van der Waals surface area contributed by atoms with Crippen molar-refractivity contribution in [2.75, 3.05) is 18.0 Å². The Kier molecular flexibility index (Phi) is 3.48. The van der Waals surface area contributed by atoms with E-state index in [-0.39, 0.29) is 12.2 Å². The van der Waals surface area contributed by atoms with E-state index in [1.807, 2.05) is 17.5 Å². The number of fused-ring (bicyclic) bond motifs is 3. The van der Waals surface area contributed by atoms with Crippen molar-refractivity contribution in [1.82, 2.24) is 15.3 Å². The summed E-state index contributed by atoms with van der Waals surface area (Å²) in [5, 5.41) is 16.0. The number of anilines is 1. The van der Waals surface area contributed by atoms with E-state index < -0.39 is 0 Å². The van der Waals surface area contributed by atoms with Gasteiger partial charge in [-0.15, -0.1) is 11.3 Å². The second kappa shape index (κ2) is 5.92. The van der Waals surface area contributed by atoms with Crippen LogP contribution in [0.3, 0.4) is 0 Å². The fraction of sp³-hybridized carbons (Fsp3) is 0.474. The number of aliphatic hydroxyl groups is 1. The molecule has 2 aromatic heterocycles. The molecule has 5 heterocycles. The van der Waals surface area contributed by atoms with Crippen LogP contribution in [0.4, 0.5) is 6.01 Å². The molecule has 7 nitrogen and oxygen atoms in total. The van der Waals surface area contributed by atoms with Crippen LogP contribution in [0, 0.1) is 0 Å². The number of thiazole rings is 1. The number of aromatic nitrogens is 2. The van der Waals surface area contributed by atoms with Crippen molar-refractivity contribution in [2.24, 2.45) is 0 Å². The summed E-state index contributed by atoms with van der Waals surface area (Å²) in [5.41, 5.74) is 2.41. The van der Waals surface area contributed by atoms with Crippen molar-refractivity contribution in [3.63, 3.8) is 0 Å². The van der Waals surface area contributed by atoms with E-state index in [9.17, 15) is 5.11 Å². The lowest BCUT2D eigenvalue weighted by Crippen LogP contribution is -2.67. The maximum absolute atomic E-state index is 9.55. The summed E-state index contributed by atoms with van der Waals surface area (Å²) >= 11 is 1.58. The highest BCUT2D eigenvalue weighted by Gasteiger charge is 2.38. The van der Waals surface area contributed by atoms with Crippen LogP contribution in [-0.4, -0.2) is 52.5 Å². The Hall–Kier alpha value is -2.16. The molecule has 3 aromatic rings. The molecule has 140 valence electrons. The number of hydrogen-bond donors (Lipinski definition) is 2. The minimum absolute atomic E-state index is 0.0425. The third-order valence-corrected chi connectivity index (χ3v) is 6.52. The maximum Gasteiger partial charge on any atom is 0.298 e. The lowest BCUT2D eigenvalue weighted by molar-refractivity contribution is -0.0101. The van der Waals surface area contributed by atoms with Crippen molar-refractivity contribution in [1.29, 1.82) is 0 Å². The Bertz CT molecular complexity index is 966. The van der Waals surface area contributed by atoms with Crippen molar-refractivity contribution < 1.29 is 14.3 Å². The summed E-state index contributed by atoms with van der Waals surface area (Å²) in [6, 6.07) is 5.67. The zero-order valence-corrected chi connectivity index (χ0v) is 15.5. The van der Waals surface area contributed by atoms with Gasteiger partial charge < -0.3 is 24.5 Å². The molecular weight excluding hydrogens is 364 g/mol. The Labute approximate surface area is 160 Å². The molecule has 27 heavy (non-hydrogen) atoms. The van der Waals surface area contributed by atoms with E-state index in [4.69, 9.17) is 14.1 Å². The summed E-state index contributed by atoms with van der Waals surface area (Å²) in [6.45, 7) is 1.84. The summed E-state index contributed by atoms with van der Waals surface area (Å²) in [4.78, 5) is 11.5. The van der Waals surface area contributed by atoms with Crippen molar-refractivity contribution in [3.8, 4) is 16.3 Å². The highest BCUT2D eigenvalue weighted by atomic mass is 32.1. The summed E-state index contributed by atoms with van der Waals surface area (Å²) in [5.74, 6) is 0.720. The van der Waals surface area contributed by atoms with Crippen LogP contribution >= 0.6 is 11.3 Å². The van der Waals surface area contributed by atoms with E-state index in [2.05, 4.69) is 15.2 Å². The number of aliphatic hydroxyl groups excluding tert-OH is 1. The smallest absolute Gasteiger partial charge is 0.298 e. The van der Waals surface area contributed by atoms with Crippen LogP contribution in [0.2, 0.25) is 0 Å². The van der Waals surface area contributed by atoms with Crippen LogP contribution in [-0.2, 0) is 0 Å². The Morgan fingerprint density at radius 1 is 1.22 bits per heavy atom. The number of hydrogen-bond acceptors (Lipinski definition) is 8. The molecule has 3 saturated heterocycles. The summed E-state index contributed by atoms with van der Waals surface area (Å²) in [6.07, 6.45) is 4.16. The van der Waals surface area contributed by atoms with E-state index in [0.29, 0.717) is 30.9 Å². The van der Waals surface area contributed by atoms with Gasteiger partial charge in [0, 0.05) is 49.6 Å². The zero-order chi connectivity index (χ0) is 18.0. The van der Waals surface area contributed by atoms with Crippen LogP contribution in [0.1, 0.15) is 19.3 Å². The quantitative estimate of drug-likeness (QED) is 0.715. The molecule has 1 saturated carbocycles. The van der Waals surface area contributed by atoms with E-state index in [1.54, 1.807) is 17.5 Å². The van der Waals surface area contributed by atoms with Gasteiger partial charge in [0.25, 0.3) is 6.01 Å². The Morgan fingerprint density at radius 2 is 2.04 bits per heavy atom. The Balaban J connectivity index is 1.41. The third kappa shape index (κ3) is 2.62. The van der Waals surface area contributed by atoms with Crippen LogP contribution < -0.4 is 15.0 Å². The number of nitrogens with one attached hydrogen (secondary N) is 1. The highest BCUT2D eigenvalue weighted by molar-refractivity contribution is 7.13. The van der Waals surface area contributed by atoms with Crippen molar-refractivity contribution >= 4 is 28.5 Å². The van der Waals surface area contributed by atoms with E-state index >= 15 is 0 Å². The number of piperidine rings is 1. The number of piperazine rings is 1. The molecule has 7 rings (SSSR count). The largest absolute Gasteiger partial charge is 0.488 e. The molecule has 0 radical (unpaired) electrons. The van der Waals surface area contributed by atoms with Gasteiger partial charge in [-0.3, -0.25) is 0 Å². The predicted molar refractivity (Wildman–Crippen MR) is 102 cm³/mol. The van der Waals surface area contributed by atoms with E-state index in [0.717, 1.165) is 40.5 Å². The minimum atomic E-state index is -0.250. The number of nitrogens with zero attached hydrogens (tertiary/aromatic N) is 3. The molecule has 2 N–H and O–H groups in total. The van der Waals surface area contributed by atoms with Gasteiger partial charge in [0.05, 0.1) is 11.7 Å². The molecule has 0 spiro atoms. The lowest BCUT2D eigenvalue weighted by atomic mass is 9.92. The minimum Gasteiger partial charge on any atom is -0.488 e. The van der Waals surface area contributed by atoms with Crippen LogP contribution in [0.5, 0.6) is 5.75 Å². The van der Waals surface area contributed by atoms with Gasteiger partial charge in [0.1, 0.15) is 16.9 Å². The van der Waals surface area contributed by atoms with E-state index in [1.165, 1.54) is 6.42 Å². The van der Waals surface area contributed by atoms with Crippen LogP contribution in [0.25, 0.3) is 21.7 Å². The molecule has 2 unspecified atom stereocenters. The molecule has 1 aromatic carbocycles. The summed E-state index contributed by atoms with van der Waals surface area (Å²) < 4.78 is 12.4. The molecule has 2 bridgehead atoms. The predicted octanol–water partition coefficient (Wildman–Crippen LogP) is 2.40. The number of rotatable bonds is 4. The van der Waals surface area contributed by atoms with Crippen LogP contribution in [0.15, 0.2) is 28.1 Å². The van der Waals surface area contributed by atoms with Gasteiger partial charge in [-0.25, -0.2) is 4.98 Å². The number of oxazole rings is 1. The molecule has 2 atom stereocenters. The molecule has 4 aliphatic rings. The molecule has 1 aliphatic carbocycles. The molecule has 0 amide bonds. The second-order valence-electron chi connectivity index (χ2n) is 7.69. The van der Waals surface area contributed by atoms with Gasteiger partial charge in [0.2, 0.25) is 0 Å². The third-order valence-electron chi connectivity index (χ3n) is 5.71. The van der Waals surface area contributed by atoms with Gasteiger partial charge in [-0.2, -0.15) is 4.98 Å². The topological polar surface area (TPSA) is 83.7 Å². The maximum atomic E-state index is 9.55. The van der Waals surface area contributed by atoms with Crippen molar-refractivity contribution in [2.45, 2.75) is 43.6 Å². The second-order valence-corrected chi connectivity index (χ2v) is 8.58. The fourth-order valence-corrected chi connectivity index (χ4v) is 4.87. The van der Waals surface area contributed by atoms with Gasteiger partial charge in [-0.1, -0.05) is 0 Å². The highest BCUT2D eigenvalue weighted by Crippen LogP contribution is 2.40. The average Bonchev–Trinajstić information content (AvgIpc) is 3.30. The first kappa shape index (κ1) is 15.9. The molecule has 3 aliphatic heterocycles.